The van der Waals surface area contributed by atoms with Crippen LogP contribution in [-0.4, -0.2) is 0 Å². The second-order valence-electron chi connectivity index (χ2n) is 3.83. The van der Waals surface area contributed by atoms with Crippen LogP contribution in [0.15, 0.2) is 36.4 Å². The van der Waals surface area contributed by atoms with E-state index in [0.717, 1.165) is 11.1 Å². The summed E-state index contributed by atoms with van der Waals surface area (Å²) in [6.45, 7) is 4.00. The number of terminal acetylenes is 1. The van der Waals surface area contributed by atoms with Crippen LogP contribution in [0.2, 0.25) is 0 Å². The van der Waals surface area contributed by atoms with Gasteiger partial charge < -0.3 is 0 Å². The molecule has 0 heterocycles. The summed E-state index contributed by atoms with van der Waals surface area (Å²) in [7, 11) is 0. The molecule has 0 atom stereocenters. The largest absolute Gasteiger partial charge is 0.204 e. The maximum absolute atomic E-state index is 13.6. The van der Waals surface area contributed by atoms with Gasteiger partial charge in [-0.05, 0) is 35.4 Å². The van der Waals surface area contributed by atoms with E-state index in [1.54, 1.807) is 36.4 Å². The summed E-state index contributed by atoms with van der Waals surface area (Å²) in [6.07, 6.45) is 5.26. The summed E-state index contributed by atoms with van der Waals surface area (Å²) < 4.78 is 13.6. The lowest BCUT2D eigenvalue weighted by Gasteiger charge is -2.05. The van der Waals surface area contributed by atoms with Gasteiger partial charge >= 0.3 is 0 Å². The van der Waals surface area contributed by atoms with Crippen molar-refractivity contribution in [2.24, 2.45) is 0 Å². The maximum Gasteiger partial charge on any atom is 0.158 e. The van der Waals surface area contributed by atoms with E-state index in [0.29, 0.717) is 5.56 Å². The van der Waals surface area contributed by atoms with Crippen LogP contribution in [0.5, 0.6) is 0 Å². The van der Waals surface area contributed by atoms with E-state index in [9.17, 15) is 4.39 Å². The van der Waals surface area contributed by atoms with Gasteiger partial charge in [0.15, 0.2) is 5.82 Å². The summed E-state index contributed by atoms with van der Waals surface area (Å²) in [5, 5.41) is 17.7. The van der Waals surface area contributed by atoms with Crippen LogP contribution in [0.3, 0.4) is 0 Å². The normalized spacial score (nSPS) is 8.57. The third-order valence-electron chi connectivity index (χ3n) is 2.70. The average molecular weight is 276 g/mol. The predicted octanol–water partition coefficient (Wildman–Crippen LogP) is 4.24. The van der Waals surface area contributed by atoms with Gasteiger partial charge in [-0.2, -0.15) is 10.5 Å². The number of halogens is 1. The van der Waals surface area contributed by atoms with Crippen LogP contribution in [0.25, 0.3) is 11.1 Å². The fourth-order valence-corrected chi connectivity index (χ4v) is 1.71. The molecular formula is C18H13FN2. The molecule has 2 nitrogen and oxygen atoms in total. The quantitative estimate of drug-likeness (QED) is 0.731. The van der Waals surface area contributed by atoms with Crippen molar-refractivity contribution in [3.8, 4) is 35.6 Å². The standard InChI is InChI=1S/C16H7FN2.C2H6/c1-2-11-3-5-12(6-4-11)13-7-14(9-18)16(17)15(8-13)10-19;1-2/h1,3-8H;1-2H3. The van der Waals surface area contributed by atoms with Crippen molar-refractivity contribution in [2.45, 2.75) is 13.8 Å². The fourth-order valence-electron chi connectivity index (χ4n) is 1.71. The number of rotatable bonds is 1. The Balaban J connectivity index is 0.00000106. The average Bonchev–Trinajstić information content (AvgIpc) is 2.57. The Labute approximate surface area is 124 Å². The fraction of sp³-hybridized carbons (Fsp3) is 0.111. The Morgan fingerprint density at radius 1 is 0.905 bits per heavy atom. The van der Waals surface area contributed by atoms with Crippen molar-refractivity contribution in [3.63, 3.8) is 0 Å². The van der Waals surface area contributed by atoms with Gasteiger partial charge in [0.1, 0.15) is 12.1 Å². The van der Waals surface area contributed by atoms with E-state index in [1.807, 2.05) is 13.8 Å². The number of nitriles is 2. The highest BCUT2D eigenvalue weighted by Crippen LogP contribution is 2.24. The van der Waals surface area contributed by atoms with Gasteiger partial charge in [0.25, 0.3) is 0 Å². The lowest BCUT2D eigenvalue weighted by Crippen LogP contribution is -1.92. The minimum atomic E-state index is -0.783. The highest BCUT2D eigenvalue weighted by Gasteiger charge is 2.11. The van der Waals surface area contributed by atoms with E-state index in [2.05, 4.69) is 5.92 Å². The minimum Gasteiger partial charge on any atom is -0.204 e. The Kier molecular flexibility index (Phi) is 5.69. The highest BCUT2D eigenvalue weighted by atomic mass is 19.1. The molecule has 0 saturated heterocycles. The Morgan fingerprint density at radius 3 is 1.76 bits per heavy atom. The molecule has 2 rings (SSSR count). The smallest absolute Gasteiger partial charge is 0.158 e. The van der Waals surface area contributed by atoms with E-state index in [-0.39, 0.29) is 11.1 Å². The molecule has 0 N–H and O–H groups in total. The van der Waals surface area contributed by atoms with Crippen LogP contribution in [-0.2, 0) is 0 Å². The zero-order valence-corrected chi connectivity index (χ0v) is 11.8. The first-order valence-electron chi connectivity index (χ1n) is 6.40. The summed E-state index contributed by atoms with van der Waals surface area (Å²) in [4.78, 5) is 0. The zero-order valence-electron chi connectivity index (χ0n) is 11.8. The van der Waals surface area contributed by atoms with E-state index < -0.39 is 5.82 Å². The van der Waals surface area contributed by atoms with Crippen LogP contribution in [0.1, 0.15) is 30.5 Å². The molecule has 0 aliphatic carbocycles. The second-order valence-corrected chi connectivity index (χ2v) is 3.83. The van der Waals surface area contributed by atoms with Crippen molar-refractivity contribution < 1.29 is 4.39 Å². The van der Waals surface area contributed by atoms with Gasteiger partial charge in [0.2, 0.25) is 0 Å². The first-order valence-corrected chi connectivity index (χ1v) is 6.40. The van der Waals surface area contributed by atoms with E-state index >= 15 is 0 Å². The Hall–Kier alpha value is -3.09. The first-order chi connectivity index (χ1) is 10.2. The molecule has 0 spiro atoms. The maximum atomic E-state index is 13.6. The highest BCUT2D eigenvalue weighted by molar-refractivity contribution is 5.68. The summed E-state index contributed by atoms with van der Waals surface area (Å²) in [5.74, 6) is 1.71. The molecule has 3 heteroatoms. The molecule has 0 aromatic heterocycles. The number of nitrogens with zero attached hydrogens (tertiary/aromatic N) is 2. The predicted molar refractivity (Wildman–Crippen MR) is 80.5 cm³/mol. The van der Waals surface area contributed by atoms with Crippen molar-refractivity contribution in [1.82, 2.24) is 0 Å². The molecule has 0 radical (unpaired) electrons. The molecule has 0 aliphatic rings. The molecule has 2 aromatic carbocycles. The first kappa shape index (κ1) is 16.0. The molecule has 21 heavy (non-hydrogen) atoms. The van der Waals surface area contributed by atoms with Crippen molar-refractivity contribution in [3.05, 3.63) is 58.9 Å². The van der Waals surface area contributed by atoms with E-state index in [4.69, 9.17) is 16.9 Å². The number of hydrogen-bond acceptors (Lipinski definition) is 2. The zero-order chi connectivity index (χ0) is 15.8. The third kappa shape index (κ3) is 3.47. The lowest BCUT2D eigenvalue weighted by atomic mass is 9.99. The van der Waals surface area contributed by atoms with Crippen molar-refractivity contribution >= 4 is 0 Å². The molecule has 102 valence electrons. The van der Waals surface area contributed by atoms with E-state index in [1.165, 1.54) is 12.1 Å². The Bertz CT molecular complexity index is 719. The minimum absolute atomic E-state index is 0.143. The molecular weight excluding hydrogens is 263 g/mol. The topological polar surface area (TPSA) is 47.6 Å². The SMILES string of the molecule is C#Cc1ccc(-c2cc(C#N)c(F)c(C#N)c2)cc1.CC. The molecule has 0 aliphatic heterocycles. The monoisotopic (exact) mass is 276 g/mol. The molecule has 0 amide bonds. The Morgan fingerprint density at radius 2 is 1.38 bits per heavy atom. The van der Waals surface area contributed by atoms with Crippen LogP contribution < -0.4 is 0 Å². The molecule has 0 bridgehead atoms. The summed E-state index contributed by atoms with van der Waals surface area (Å²) in [5.41, 5.74) is 1.82. The van der Waals surface area contributed by atoms with Gasteiger partial charge in [-0.15, -0.1) is 6.42 Å². The van der Waals surface area contributed by atoms with Crippen molar-refractivity contribution in [2.75, 3.05) is 0 Å². The number of hydrogen-bond donors (Lipinski definition) is 0. The molecule has 0 saturated carbocycles. The summed E-state index contributed by atoms with van der Waals surface area (Å²) in [6, 6.07) is 13.4. The van der Waals surface area contributed by atoms with Gasteiger partial charge in [-0.1, -0.05) is 31.9 Å². The van der Waals surface area contributed by atoms with Crippen molar-refractivity contribution in [1.29, 1.82) is 10.5 Å². The lowest BCUT2D eigenvalue weighted by molar-refractivity contribution is 0.620. The van der Waals surface area contributed by atoms with Gasteiger partial charge in [-0.25, -0.2) is 4.39 Å². The van der Waals surface area contributed by atoms with Crippen LogP contribution >= 0.6 is 0 Å². The second kappa shape index (κ2) is 7.49. The van der Waals surface area contributed by atoms with Gasteiger partial charge in [0, 0.05) is 5.56 Å². The number of benzene rings is 2. The molecule has 0 unspecified atom stereocenters. The molecule has 2 aromatic rings. The van der Waals surface area contributed by atoms with Gasteiger partial charge in [-0.3, -0.25) is 0 Å². The summed E-state index contributed by atoms with van der Waals surface area (Å²) >= 11 is 0. The van der Waals surface area contributed by atoms with Crippen LogP contribution in [0, 0.1) is 40.8 Å². The van der Waals surface area contributed by atoms with Crippen LogP contribution in [0.4, 0.5) is 4.39 Å². The van der Waals surface area contributed by atoms with Gasteiger partial charge in [0.05, 0.1) is 11.1 Å². The third-order valence-corrected chi connectivity index (χ3v) is 2.70. The molecule has 0 fully saturated rings.